The fourth-order valence-electron chi connectivity index (χ4n) is 1.55. The first-order valence-corrected chi connectivity index (χ1v) is 5.93. The summed E-state index contributed by atoms with van der Waals surface area (Å²) in [4.78, 5) is 0. The van der Waals surface area contributed by atoms with E-state index in [2.05, 4.69) is 6.92 Å². The van der Waals surface area contributed by atoms with Gasteiger partial charge in [-0.2, -0.15) is 0 Å². The molecule has 0 saturated carbocycles. The van der Waals surface area contributed by atoms with Crippen molar-refractivity contribution in [2.24, 2.45) is 0 Å². The second kappa shape index (κ2) is 5.24. The molecule has 2 nitrogen and oxygen atoms in total. The second-order valence-corrected chi connectivity index (χ2v) is 5.11. The lowest BCUT2D eigenvalue weighted by Gasteiger charge is -2.21. The number of unbranched alkanes of at least 4 members (excludes halogenated alkanes) is 1. The number of benzene rings is 1. The minimum Gasteiger partial charge on any atom is -0.508 e. The molecule has 16 heavy (non-hydrogen) atoms. The summed E-state index contributed by atoms with van der Waals surface area (Å²) in [6.07, 6.45) is 3.13. The van der Waals surface area contributed by atoms with E-state index < -0.39 is 0 Å². The highest BCUT2D eigenvalue weighted by Gasteiger charge is 2.12. The molecule has 0 aromatic heterocycles. The van der Waals surface area contributed by atoms with Gasteiger partial charge in [0.2, 0.25) is 0 Å². The van der Waals surface area contributed by atoms with E-state index in [1.165, 1.54) is 0 Å². The molecule has 0 fully saturated rings. The van der Waals surface area contributed by atoms with Crippen LogP contribution in [0.5, 0.6) is 11.5 Å². The molecule has 1 aromatic carbocycles. The van der Waals surface area contributed by atoms with Gasteiger partial charge < -0.3 is 9.84 Å². The first-order valence-electron chi connectivity index (χ1n) is 5.93. The zero-order valence-corrected chi connectivity index (χ0v) is 10.7. The fourth-order valence-corrected chi connectivity index (χ4v) is 1.55. The average molecular weight is 222 g/mol. The molecule has 1 N–H and O–H groups in total. The Morgan fingerprint density at radius 2 is 1.94 bits per heavy atom. The zero-order valence-electron chi connectivity index (χ0n) is 10.7. The molecule has 1 rings (SSSR count). The van der Waals surface area contributed by atoms with Crippen LogP contribution in [-0.4, -0.2) is 10.7 Å². The Morgan fingerprint density at radius 1 is 1.25 bits per heavy atom. The van der Waals surface area contributed by atoms with Crippen molar-refractivity contribution >= 4 is 0 Å². The van der Waals surface area contributed by atoms with Crippen LogP contribution >= 0.6 is 0 Å². The van der Waals surface area contributed by atoms with Gasteiger partial charge in [0.15, 0.2) is 0 Å². The topological polar surface area (TPSA) is 29.5 Å². The molecule has 0 amide bonds. The quantitative estimate of drug-likeness (QED) is 0.836. The largest absolute Gasteiger partial charge is 0.508 e. The smallest absolute Gasteiger partial charge is 0.120 e. The van der Waals surface area contributed by atoms with E-state index in [0.29, 0.717) is 5.75 Å². The van der Waals surface area contributed by atoms with Gasteiger partial charge >= 0.3 is 0 Å². The van der Waals surface area contributed by atoms with Gasteiger partial charge in [0.25, 0.3) is 0 Å². The van der Waals surface area contributed by atoms with Crippen LogP contribution in [0.2, 0.25) is 0 Å². The highest BCUT2D eigenvalue weighted by molar-refractivity contribution is 5.39. The van der Waals surface area contributed by atoms with E-state index in [1.807, 2.05) is 32.9 Å². The van der Waals surface area contributed by atoms with Crippen LogP contribution in [0, 0.1) is 0 Å². The zero-order chi connectivity index (χ0) is 12.2. The number of hydrogen-bond acceptors (Lipinski definition) is 2. The second-order valence-electron chi connectivity index (χ2n) is 5.11. The molecule has 0 aliphatic rings. The summed E-state index contributed by atoms with van der Waals surface area (Å²) in [5, 5.41) is 9.70. The van der Waals surface area contributed by atoms with Crippen LogP contribution in [0.1, 0.15) is 46.1 Å². The highest BCUT2D eigenvalue weighted by atomic mass is 16.5. The molecule has 0 aliphatic heterocycles. The summed E-state index contributed by atoms with van der Waals surface area (Å²) >= 11 is 0. The fraction of sp³-hybridized carbons (Fsp3) is 0.571. The Labute approximate surface area is 98.3 Å². The van der Waals surface area contributed by atoms with Crippen LogP contribution in [0.15, 0.2) is 18.2 Å². The minimum absolute atomic E-state index is 0.195. The van der Waals surface area contributed by atoms with Crippen molar-refractivity contribution in [2.75, 3.05) is 0 Å². The third-order valence-corrected chi connectivity index (χ3v) is 2.27. The van der Waals surface area contributed by atoms with Crippen molar-refractivity contribution in [3.63, 3.8) is 0 Å². The van der Waals surface area contributed by atoms with E-state index >= 15 is 0 Å². The molecule has 0 bridgehead atoms. The molecule has 0 aliphatic carbocycles. The van der Waals surface area contributed by atoms with Crippen molar-refractivity contribution in [2.45, 2.75) is 52.6 Å². The summed E-state index contributed by atoms with van der Waals surface area (Å²) in [6.45, 7) is 8.20. The van der Waals surface area contributed by atoms with Crippen molar-refractivity contribution in [3.8, 4) is 11.5 Å². The van der Waals surface area contributed by atoms with E-state index in [4.69, 9.17) is 4.74 Å². The number of aromatic hydroxyl groups is 1. The highest BCUT2D eigenvalue weighted by Crippen LogP contribution is 2.26. The third kappa shape index (κ3) is 4.13. The first kappa shape index (κ1) is 12.9. The summed E-state index contributed by atoms with van der Waals surface area (Å²) in [5.41, 5.74) is 0.780. The normalized spacial score (nSPS) is 11.5. The van der Waals surface area contributed by atoms with Crippen molar-refractivity contribution in [1.82, 2.24) is 0 Å². The SMILES string of the molecule is CCCCc1cc(OC(C)(C)C)ccc1O. The third-order valence-electron chi connectivity index (χ3n) is 2.27. The van der Waals surface area contributed by atoms with Crippen molar-refractivity contribution in [3.05, 3.63) is 23.8 Å². The molecular formula is C14H22O2. The minimum atomic E-state index is -0.195. The van der Waals surface area contributed by atoms with E-state index in [0.717, 1.165) is 30.6 Å². The van der Waals surface area contributed by atoms with Gasteiger partial charge in [-0.1, -0.05) is 13.3 Å². The Balaban J connectivity index is 2.81. The number of phenols is 1. The maximum atomic E-state index is 9.70. The van der Waals surface area contributed by atoms with Gasteiger partial charge in [0, 0.05) is 0 Å². The van der Waals surface area contributed by atoms with Crippen LogP contribution in [-0.2, 0) is 6.42 Å². The van der Waals surface area contributed by atoms with Crippen LogP contribution in [0.4, 0.5) is 0 Å². The van der Waals surface area contributed by atoms with Crippen LogP contribution < -0.4 is 4.74 Å². The number of aryl methyl sites for hydroxylation is 1. The van der Waals surface area contributed by atoms with Crippen LogP contribution in [0.3, 0.4) is 0 Å². The molecular weight excluding hydrogens is 200 g/mol. The molecule has 0 unspecified atom stereocenters. The van der Waals surface area contributed by atoms with Gasteiger partial charge in [-0.05, 0) is 57.4 Å². The maximum Gasteiger partial charge on any atom is 0.120 e. The predicted octanol–water partition coefficient (Wildman–Crippen LogP) is 3.91. The summed E-state index contributed by atoms with van der Waals surface area (Å²) in [5.74, 6) is 1.20. The van der Waals surface area contributed by atoms with Gasteiger partial charge in [0.1, 0.15) is 17.1 Å². The molecule has 0 radical (unpaired) electrons. The Bertz CT molecular complexity index is 337. The standard InChI is InChI=1S/C14H22O2/c1-5-6-7-11-10-12(8-9-13(11)15)16-14(2,3)4/h8-10,15H,5-7H2,1-4H3. The van der Waals surface area contributed by atoms with E-state index in [-0.39, 0.29) is 5.60 Å². The lowest BCUT2D eigenvalue weighted by atomic mass is 10.1. The maximum absolute atomic E-state index is 9.70. The van der Waals surface area contributed by atoms with Gasteiger partial charge in [-0.15, -0.1) is 0 Å². The first-order chi connectivity index (χ1) is 7.42. The van der Waals surface area contributed by atoms with Gasteiger partial charge in [-0.3, -0.25) is 0 Å². The Morgan fingerprint density at radius 3 is 2.50 bits per heavy atom. The lowest BCUT2D eigenvalue weighted by Crippen LogP contribution is -2.22. The van der Waals surface area contributed by atoms with Gasteiger partial charge in [0.05, 0.1) is 0 Å². The monoisotopic (exact) mass is 222 g/mol. The molecule has 0 heterocycles. The van der Waals surface area contributed by atoms with E-state index in [9.17, 15) is 5.11 Å². The predicted molar refractivity (Wildman–Crippen MR) is 67.1 cm³/mol. The number of phenolic OH excluding ortho intramolecular Hbond substituents is 1. The molecule has 0 atom stereocenters. The molecule has 90 valence electrons. The molecule has 0 spiro atoms. The summed E-state index contributed by atoms with van der Waals surface area (Å²) < 4.78 is 5.77. The number of hydrogen-bond donors (Lipinski definition) is 1. The van der Waals surface area contributed by atoms with Crippen molar-refractivity contribution in [1.29, 1.82) is 0 Å². The van der Waals surface area contributed by atoms with Crippen LogP contribution in [0.25, 0.3) is 0 Å². The number of rotatable bonds is 4. The Hall–Kier alpha value is -1.18. The molecule has 0 saturated heterocycles. The number of ether oxygens (including phenoxy) is 1. The Kier molecular flexibility index (Phi) is 4.22. The summed E-state index contributed by atoms with van der Waals surface area (Å²) in [7, 11) is 0. The van der Waals surface area contributed by atoms with E-state index in [1.54, 1.807) is 6.07 Å². The summed E-state index contributed by atoms with van der Waals surface area (Å²) in [6, 6.07) is 5.47. The average Bonchev–Trinajstić information content (AvgIpc) is 2.17. The molecule has 1 aromatic rings. The van der Waals surface area contributed by atoms with Gasteiger partial charge in [-0.25, -0.2) is 0 Å². The molecule has 2 heteroatoms. The lowest BCUT2D eigenvalue weighted by molar-refractivity contribution is 0.130. The van der Waals surface area contributed by atoms with Crippen molar-refractivity contribution < 1.29 is 9.84 Å².